The Kier molecular flexibility index (Phi) is 8.77. The minimum absolute atomic E-state index is 0.482. The Morgan fingerprint density at radius 1 is 1.41 bits per heavy atom. The van der Waals surface area contributed by atoms with Gasteiger partial charge in [-0.15, -0.1) is 0 Å². The van der Waals surface area contributed by atoms with Crippen molar-refractivity contribution < 1.29 is 19.4 Å². The summed E-state index contributed by atoms with van der Waals surface area (Å²) in [5, 5.41) is 12.3. The zero-order valence-corrected chi connectivity index (χ0v) is 14.2. The third-order valence-corrected chi connectivity index (χ3v) is 3.80. The summed E-state index contributed by atoms with van der Waals surface area (Å²) in [6.07, 6.45) is 3.51. The lowest BCUT2D eigenvalue weighted by Crippen LogP contribution is -2.36. The first-order chi connectivity index (χ1) is 10.6. The van der Waals surface area contributed by atoms with Gasteiger partial charge < -0.3 is 19.9 Å². The Balaban J connectivity index is 2.66. The van der Waals surface area contributed by atoms with E-state index in [1.54, 1.807) is 18.9 Å². The SMILES string of the molecule is CCCOc1ccc(CNC(CCSC)C(=O)O)cc1OC. The van der Waals surface area contributed by atoms with Crippen molar-refractivity contribution in [1.29, 1.82) is 0 Å². The summed E-state index contributed by atoms with van der Waals surface area (Å²) in [5.74, 6) is 1.38. The van der Waals surface area contributed by atoms with Crippen LogP contribution in [0.4, 0.5) is 0 Å². The molecule has 0 aromatic heterocycles. The predicted molar refractivity (Wildman–Crippen MR) is 90.0 cm³/mol. The third-order valence-electron chi connectivity index (χ3n) is 3.15. The zero-order chi connectivity index (χ0) is 16.4. The number of benzene rings is 1. The Bertz CT molecular complexity index is 467. The van der Waals surface area contributed by atoms with Crippen LogP contribution in [0.15, 0.2) is 18.2 Å². The summed E-state index contributed by atoms with van der Waals surface area (Å²) in [4.78, 5) is 11.2. The molecule has 0 amide bonds. The smallest absolute Gasteiger partial charge is 0.320 e. The fraction of sp³-hybridized carbons (Fsp3) is 0.562. The number of nitrogens with one attached hydrogen (secondary N) is 1. The molecule has 0 aliphatic carbocycles. The largest absolute Gasteiger partial charge is 0.493 e. The first kappa shape index (κ1) is 18.6. The maximum absolute atomic E-state index is 11.2. The zero-order valence-electron chi connectivity index (χ0n) is 13.4. The molecule has 1 atom stereocenters. The van der Waals surface area contributed by atoms with Gasteiger partial charge >= 0.3 is 5.97 Å². The number of rotatable bonds is 11. The summed E-state index contributed by atoms with van der Waals surface area (Å²) < 4.78 is 10.9. The van der Waals surface area contributed by atoms with Gasteiger partial charge in [-0.05, 0) is 42.5 Å². The van der Waals surface area contributed by atoms with Crippen molar-refractivity contribution in [3.63, 3.8) is 0 Å². The van der Waals surface area contributed by atoms with E-state index in [1.165, 1.54) is 0 Å². The number of ether oxygens (including phenoxy) is 2. The highest BCUT2D eigenvalue weighted by atomic mass is 32.2. The van der Waals surface area contributed by atoms with E-state index in [0.717, 1.165) is 17.7 Å². The fourth-order valence-corrected chi connectivity index (χ4v) is 2.41. The Morgan fingerprint density at radius 2 is 2.18 bits per heavy atom. The number of aliphatic carboxylic acids is 1. The Labute approximate surface area is 136 Å². The van der Waals surface area contributed by atoms with Crippen molar-refractivity contribution in [3.05, 3.63) is 23.8 Å². The molecule has 124 valence electrons. The summed E-state index contributed by atoms with van der Waals surface area (Å²) in [6.45, 7) is 3.17. The number of carbonyl (C=O) groups is 1. The number of carboxylic acids is 1. The highest BCUT2D eigenvalue weighted by Crippen LogP contribution is 2.28. The molecule has 1 rings (SSSR count). The summed E-state index contributed by atoms with van der Waals surface area (Å²) >= 11 is 1.64. The molecule has 1 aromatic carbocycles. The average molecular weight is 327 g/mol. The van der Waals surface area contributed by atoms with Gasteiger partial charge in [0, 0.05) is 6.54 Å². The second-order valence-corrected chi connectivity index (χ2v) is 5.87. The molecule has 22 heavy (non-hydrogen) atoms. The summed E-state index contributed by atoms with van der Waals surface area (Å²) in [6, 6.07) is 5.14. The van der Waals surface area contributed by atoms with Gasteiger partial charge in [0.1, 0.15) is 6.04 Å². The lowest BCUT2D eigenvalue weighted by Gasteiger charge is -2.15. The Hall–Kier alpha value is -1.40. The van der Waals surface area contributed by atoms with Gasteiger partial charge in [0.2, 0.25) is 0 Å². The fourth-order valence-electron chi connectivity index (χ4n) is 1.94. The van der Waals surface area contributed by atoms with Gasteiger partial charge in [0.05, 0.1) is 13.7 Å². The second-order valence-electron chi connectivity index (χ2n) is 4.89. The molecule has 1 unspecified atom stereocenters. The van der Waals surface area contributed by atoms with Crippen LogP contribution in [0, 0.1) is 0 Å². The lowest BCUT2D eigenvalue weighted by atomic mass is 10.1. The number of hydrogen-bond donors (Lipinski definition) is 2. The number of thioether (sulfide) groups is 1. The van der Waals surface area contributed by atoms with E-state index in [-0.39, 0.29) is 0 Å². The van der Waals surface area contributed by atoms with E-state index in [4.69, 9.17) is 9.47 Å². The molecule has 0 heterocycles. The van der Waals surface area contributed by atoms with Crippen LogP contribution < -0.4 is 14.8 Å². The van der Waals surface area contributed by atoms with Crippen molar-refractivity contribution in [2.75, 3.05) is 25.7 Å². The Morgan fingerprint density at radius 3 is 2.77 bits per heavy atom. The van der Waals surface area contributed by atoms with Crippen LogP contribution in [0.25, 0.3) is 0 Å². The standard InChI is InChI=1S/C16H25NO4S/c1-4-8-21-14-6-5-12(10-15(14)20-2)11-17-13(16(18)19)7-9-22-3/h5-6,10,13,17H,4,7-9,11H2,1-3H3,(H,18,19). The monoisotopic (exact) mass is 327 g/mol. The highest BCUT2D eigenvalue weighted by molar-refractivity contribution is 7.98. The maximum atomic E-state index is 11.2. The molecule has 1 aromatic rings. The second kappa shape index (κ2) is 10.3. The molecular weight excluding hydrogens is 302 g/mol. The predicted octanol–water partition coefficient (Wildman–Crippen LogP) is 2.78. The van der Waals surface area contributed by atoms with Crippen LogP contribution in [0.3, 0.4) is 0 Å². The van der Waals surface area contributed by atoms with E-state index < -0.39 is 12.0 Å². The molecule has 0 aliphatic rings. The molecule has 0 aliphatic heterocycles. The molecule has 0 bridgehead atoms. The van der Waals surface area contributed by atoms with E-state index in [9.17, 15) is 9.90 Å². The molecule has 0 fully saturated rings. The topological polar surface area (TPSA) is 67.8 Å². The molecule has 5 nitrogen and oxygen atoms in total. The van der Waals surface area contributed by atoms with Gasteiger partial charge in [0.25, 0.3) is 0 Å². The van der Waals surface area contributed by atoms with Gasteiger partial charge in [-0.25, -0.2) is 0 Å². The van der Waals surface area contributed by atoms with Gasteiger partial charge in [-0.2, -0.15) is 11.8 Å². The normalized spacial score (nSPS) is 12.0. The van der Waals surface area contributed by atoms with Crippen molar-refractivity contribution in [1.82, 2.24) is 5.32 Å². The van der Waals surface area contributed by atoms with Crippen LogP contribution >= 0.6 is 11.8 Å². The molecule has 6 heteroatoms. The first-order valence-corrected chi connectivity index (χ1v) is 8.76. The third kappa shape index (κ3) is 6.15. The van der Waals surface area contributed by atoms with Crippen molar-refractivity contribution in [2.45, 2.75) is 32.4 Å². The molecule has 2 N–H and O–H groups in total. The van der Waals surface area contributed by atoms with Crippen LogP contribution in [0.1, 0.15) is 25.3 Å². The number of methoxy groups -OCH3 is 1. The van der Waals surface area contributed by atoms with E-state index >= 15 is 0 Å². The summed E-state index contributed by atoms with van der Waals surface area (Å²) in [7, 11) is 1.60. The van der Waals surface area contributed by atoms with E-state index in [1.807, 2.05) is 31.4 Å². The van der Waals surface area contributed by atoms with E-state index in [0.29, 0.717) is 31.1 Å². The van der Waals surface area contributed by atoms with Crippen molar-refractivity contribution in [2.24, 2.45) is 0 Å². The number of carboxylic acid groups (broad SMARTS) is 1. The summed E-state index contributed by atoms with van der Waals surface area (Å²) in [5.41, 5.74) is 0.969. The van der Waals surface area contributed by atoms with Gasteiger partial charge in [-0.1, -0.05) is 13.0 Å². The molecule has 0 radical (unpaired) electrons. The molecule has 0 saturated heterocycles. The van der Waals surface area contributed by atoms with Crippen LogP contribution in [-0.2, 0) is 11.3 Å². The first-order valence-electron chi connectivity index (χ1n) is 7.37. The maximum Gasteiger partial charge on any atom is 0.320 e. The molecular formula is C16H25NO4S. The minimum atomic E-state index is -0.816. The minimum Gasteiger partial charge on any atom is -0.493 e. The average Bonchev–Trinajstić information content (AvgIpc) is 2.52. The van der Waals surface area contributed by atoms with E-state index in [2.05, 4.69) is 5.32 Å². The lowest BCUT2D eigenvalue weighted by molar-refractivity contribution is -0.139. The van der Waals surface area contributed by atoms with Gasteiger partial charge in [0.15, 0.2) is 11.5 Å². The van der Waals surface area contributed by atoms with Crippen LogP contribution in [0.2, 0.25) is 0 Å². The van der Waals surface area contributed by atoms with Crippen LogP contribution in [0.5, 0.6) is 11.5 Å². The van der Waals surface area contributed by atoms with Crippen molar-refractivity contribution in [3.8, 4) is 11.5 Å². The molecule has 0 saturated carbocycles. The van der Waals surface area contributed by atoms with Gasteiger partial charge in [-0.3, -0.25) is 4.79 Å². The number of hydrogen-bond acceptors (Lipinski definition) is 5. The quantitative estimate of drug-likeness (QED) is 0.651. The van der Waals surface area contributed by atoms with Crippen LogP contribution in [-0.4, -0.2) is 42.8 Å². The van der Waals surface area contributed by atoms with Crippen molar-refractivity contribution >= 4 is 17.7 Å². The molecule has 0 spiro atoms. The highest BCUT2D eigenvalue weighted by Gasteiger charge is 2.16.